The van der Waals surface area contributed by atoms with Gasteiger partial charge in [0, 0.05) is 19.0 Å². The van der Waals surface area contributed by atoms with E-state index in [4.69, 9.17) is 4.42 Å². The summed E-state index contributed by atoms with van der Waals surface area (Å²) < 4.78 is 5.77. The van der Waals surface area contributed by atoms with Gasteiger partial charge in [0.1, 0.15) is 11.1 Å². The van der Waals surface area contributed by atoms with Gasteiger partial charge in [-0.2, -0.15) is 4.98 Å². The van der Waals surface area contributed by atoms with Crippen LogP contribution in [0.4, 0.5) is 6.01 Å². The number of benzene rings is 1. The van der Waals surface area contributed by atoms with Crippen LogP contribution in [0, 0.1) is 5.92 Å². The van der Waals surface area contributed by atoms with Gasteiger partial charge < -0.3 is 19.7 Å². The van der Waals surface area contributed by atoms with E-state index < -0.39 is 11.5 Å². The number of carbonyl (C=O) groups is 2. The van der Waals surface area contributed by atoms with Crippen LogP contribution >= 0.6 is 0 Å². The van der Waals surface area contributed by atoms with E-state index in [2.05, 4.69) is 10.3 Å². The van der Waals surface area contributed by atoms with Gasteiger partial charge in [0.25, 0.3) is 6.01 Å². The first-order chi connectivity index (χ1) is 11.9. The lowest BCUT2D eigenvalue weighted by Gasteiger charge is -2.32. The van der Waals surface area contributed by atoms with Crippen LogP contribution in [-0.2, 0) is 9.59 Å². The summed E-state index contributed by atoms with van der Waals surface area (Å²) in [6.07, 6.45) is 1.63. The number of rotatable bonds is 5. The number of para-hydroxylation sites is 2. The largest absolute Gasteiger partial charge is 0.480 e. The van der Waals surface area contributed by atoms with Crippen molar-refractivity contribution in [2.45, 2.75) is 38.6 Å². The van der Waals surface area contributed by atoms with E-state index in [-0.39, 0.29) is 11.8 Å². The zero-order valence-electron chi connectivity index (χ0n) is 14.5. The van der Waals surface area contributed by atoms with E-state index in [0.717, 1.165) is 11.1 Å². The van der Waals surface area contributed by atoms with Gasteiger partial charge in [-0.15, -0.1) is 0 Å². The van der Waals surface area contributed by atoms with Gasteiger partial charge in [-0.3, -0.25) is 4.79 Å². The molecular weight excluding hydrogens is 322 g/mol. The molecule has 1 atom stereocenters. The molecular formula is C18H23N3O4. The van der Waals surface area contributed by atoms with Crippen LogP contribution in [-0.4, -0.2) is 40.6 Å². The van der Waals surface area contributed by atoms with E-state index in [0.29, 0.717) is 38.4 Å². The Labute approximate surface area is 146 Å². The Balaban J connectivity index is 1.61. The number of anilines is 1. The van der Waals surface area contributed by atoms with Crippen molar-refractivity contribution in [1.82, 2.24) is 10.3 Å². The summed E-state index contributed by atoms with van der Waals surface area (Å²) in [7, 11) is 0. The van der Waals surface area contributed by atoms with Crippen molar-refractivity contribution in [3.8, 4) is 0 Å². The number of nitrogens with one attached hydrogen (secondary N) is 1. The lowest BCUT2D eigenvalue weighted by atomic mass is 9.93. The number of carboxylic acid groups (broad SMARTS) is 1. The summed E-state index contributed by atoms with van der Waals surface area (Å²) in [4.78, 5) is 30.3. The van der Waals surface area contributed by atoms with E-state index in [1.807, 2.05) is 29.2 Å². The third kappa shape index (κ3) is 3.45. The number of carboxylic acids is 1. The van der Waals surface area contributed by atoms with Crippen LogP contribution < -0.4 is 10.2 Å². The first kappa shape index (κ1) is 17.3. The molecule has 25 heavy (non-hydrogen) atoms. The number of aliphatic carboxylic acids is 1. The molecule has 1 fully saturated rings. The standard InChI is InChI=1S/C18H23N3O4/c1-3-18(2,16(23)24)20-15(22)12-8-10-21(11-9-12)17-19-13-6-4-5-7-14(13)25-17/h4-7,12H,3,8-11H2,1-2H3,(H,20,22)(H,23,24). The molecule has 0 radical (unpaired) electrons. The molecule has 134 valence electrons. The zero-order chi connectivity index (χ0) is 18.0. The third-order valence-corrected chi connectivity index (χ3v) is 5.00. The topological polar surface area (TPSA) is 95.7 Å². The Kier molecular flexibility index (Phi) is 4.65. The van der Waals surface area contributed by atoms with Crippen molar-refractivity contribution in [3.63, 3.8) is 0 Å². The molecule has 1 saturated heterocycles. The Bertz CT molecular complexity index is 746. The summed E-state index contributed by atoms with van der Waals surface area (Å²) in [5, 5.41) is 12.0. The molecule has 0 aliphatic carbocycles. The van der Waals surface area contributed by atoms with Crippen LogP contribution in [0.2, 0.25) is 0 Å². The Hall–Kier alpha value is -2.57. The molecule has 2 aromatic rings. The zero-order valence-corrected chi connectivity index (χ0v) is 14.5. The molecule has 0 spiro atoms. The van der Waals surface area contributed by atoms with E-state index >= 15 is 0 Å². The number of piperidine rings is 1. The fourth-order valence-electron chi connectivity index (χ4n) is 3.00. The molecule has 1 aliphatic heterocycles. The van der Waals surface area contributed by atoms with Gasteiger partial charge in [0.05, 0.1) is 0 Å². The van der Waals surface area contributed by atoms with Gasteiger partial charge in [-0.1, -0.05) is 19.1 Å². The van der Waals surface area contributed by atoms with Gasteiger partial charge in [0.15, 0.2) is 5.58 Å². The summed E-state index contributed by atoms with van der Waals surface area (Å²) in [6, 6.07) is 8.17. The van der Waals surface area contributed by atoms with Crippen molar-refractivity contribution in [3.05, 3.63) is 24.3 Å². The molecule has 2 N–H and O–H groups in total. The van der Waals surface area contributed by atoms with Gasteiger partial charge in [-0.05, 0) is 38.3 Å². The minimum atomic E-state index is -1.21. The van der Waals surface area contributed by atoms with Crippen LogP contribution in [0.5, 0.6) is 0 Å². The first-order valence-electron chi connectivity index (χ1n) is 8.59. The number of fused-ring (bicyclic) bond motifs is 1. The van der Waals surface area contributed by atoms with Gasteiger partial charge >= 0.3 is 5.97 Å². The monoisotopic (exact) mass is 345 g/mol. The maximum Gasteiger partial charge on any atom is 0.329 e. The second-order valence-electron chi connectivity index (χ2n) is 6.71. The number of hydrogen-bond donors (Lipinski definition) is 2. The number of oxazole rings is 1. The SMILES string of the molecule is CCC(C)(NC(=O)C1CCN(c2nc3ccccc3o2)CC1)C(=O)O. The van der Waals surface area contributed by atoms with Crippen molar-refractivity contribution in [1.29, 1.82) is 0 Å². The second-order valence-corrected chi connectivity index (χ2v) is 6.71. The summed E-state index contributed by atoms with van der Waals surface area (Å²) in [5.74, 6) is -1.39. The molecule has 7 heteroatoms. The predicted molar refractivity (Wildman–Crippen MR) is 93.4 cm³/mol. The Morgan fingerprint density at radius 1 is 1.36 bits per heavy atom. The normalized spacial score (nSPS) is 18.1. The minimum Gasteiger partial charge on any atom is -0.480 e. The minimum absolute atomic E-state index is 0.189. The molecule has 0 saturated carbocycles. The highest BCUT2D eigenvalue weighted by atomic mass is 16.4. The molecule has 1 amide bonds. The predicted octanol–water partition coefficient (Wildman–Crippen LogP) is 2.41. The fourth-order valence-corrected chi connectivity index (χ4v) is 3.00. The van der Waals surface area contributed by atoms with E-state index in [1.165, 1.54) is 0 Å². The lowest BCUT2D eigenvalue weighted by molar-refractivity contribution is -0.147. The summed E-state index contributed by atoms with van der Waals surface area (Å²) in [5.41, 5.74) is 0.351. The number of carbonyl (C=O) groups excluding carboxylic acids is 1. The van der Waals surface area contributed by atoms with Crippen LogP contribution in [0.1, 0.15) is 33.1 Å². The fraction of sp³-hybridized carbons (Fsp3) is 0.500. The van der Waals surface area contributed by atoms with Crippen molar-refractivity contribution >= 4 is 29.0 Å². The molecule has 0 bridgehead atoms. The number of nitrogens with zero attached hydrogens (tertiary/aromatic N) is 2. The average molecular weight is 345 g/mol. The third-order valence-electron chi connectivity index (χ3n) is 5.00. The Morgan fingerprint density at radius 3 is 2.64 bits per heavy atom. The molecule has 1 aromatic carbocycles. The van der Waals surface area contributed by atoms with E-state index in [1.54, 1.807) is 13.8 Å². The quantitative estimate of drug-likeness (QED) is 0.864. The number of hydrogen-bond acceptors (Lipinski definition) is 5. The highest BCUT2D eigenvalue weighted by Crippen LogP contribution is 2.26. The number of aromatic nitrogens is 1. The van der Waals surface area contributed by atoms with Crippen molar-refractivity contribution in [2.75, 3.05) is 18.0 Å². The Morgan fingerprint density at radius 2 is 2.04 bits per heavy atom. The lowest BCUT2D eigenvalue weighted by Crippen LogP contribution is -2.54. The second kappa shape index (κ2) is 6.74. The summed E-state index contributed by atoms with van der Waals surface area (Å²) in [6.45, 7) is 4.60. The maximum absolute atomic E-state index is 12.4. The molecule has 2 heterocycles. The molecule has 3 rings (SSSR count). The molecule has 1 aliphatic rings. The number of amides is 1. The average Bonchev–Trinajstić information content (AvgIpc) is 3.05. The smallest absolute Gasteiger partial charge is 0.329 e. The van der Waals surface area contributed by atoms with Crippen LogP contribution in [0.15, 0.2) is 28.7 Å². The van der Waals surface area contributed by atoms with E-state index in [9.17, 15) is 14.7 Å². The highest BCUT2D eigenvalue weighted by molar-refractivity contribution is 5.87. The van der Waals surface area contributed by atoms with Crippen LogP contribution in [0.3, 0.4) is 0 Å². The van der Waals surface area contributed by atoms with Gasteiger partial charge in [0.2, 0.25) is 5.91 Å². The van der Waals surface area contributed by atoms with Crippen LogP contribution in [0.25, 0.3) is 11.1 Å². The van der Waals surface area contributed by atoms with Gasteiger partial charge in [-0.25, -0.2) is 4.79 Å². The van der Waals surface area contributed by atoms with Crippen molar-refractivity contribution in [2.24, 2.45) is 5.92 Å². The summed E-state index contributed by atoms with van der Waals surface area (Å²) >= 11 is 0. The molecule has 7 nitrogen and oxygen atoms in total. The van der Waals surface area contributed by atoms with Crippen molar-refractivity contribution < 1.29 is 19.1 Å². The highest BCUT2D eigenvalue weighted by Gasteiger charge is 2.36. The first-order valence-corrected chi connectivity index (χ1v) is 8.59. The molecule has 1 aromatic heterocycles. The maximum atomic E-state index is 12.4. The molecule has 1 unspecified atom stereocenters.